The molecule has 0 radical (unpaired) electrons. The van der Waals surface area contributed by atoms with Gasteiger partial charge in [-0.15, -0.1) is 0 Å². The van der Waals surface area contributed by atoms with E-state index in [9.17, 15) is 4.79 Å². The van der Waals surface area contributed by atoms with Crippen LogP contribution in [-0.4, -0.2) is 20.9 Å². The maximum absolute atomic E-state index is 12.0. The number of aromatic amines is 3. The number of hydrogen-bond donors (Lipinski definition) is 4. The number of nitrogens with zero attached hydrogens (tertiary/aromatic N) is 1. The fourth-order valence-corrected chi connectivity index (χ4v) is 2.12. The molecule has 0 unspecified atom stereocenters. The Bertz CT molecular complexity index is 895. The minimum absolute atomic E-state index is 0.281. The molecule has 7 heteroatoms. The number of rotatable bonds is 2. The van der Waals surface area contributed by atoms with Gasteiger partial charge in [-0.3, -0.25) is 4.79 Å². The number of fused-ring (bicyclic) bond motifs is 1. The zero-order chi connectivity index (χ0) is 14.1. The Morgan fingerprint density at radius 2 is 2.05 bits per heavy atom. The summed E-state index contributed by atoms with van der Waals surface area (Å²) in [4.78, 5) is 20.7. The van der Waals surface area contributed by atoms with Gasteiger partial charge in [-0.2, -0.15) is 5.26 Å². The SMILES string of the molecule is N#Cc1cc(C(=O)Nc2ccc3[nH]c(=S)[nH]c3c2)c[nH]1. The highest BCUT2D eigenvalue weighted by molar-refractivity contribution is 7.71. The Hall–Kier alpha value is -2.85. The van der Waals surface area contributed by atoms with Crippen molar-refractivity contribution in [1.29, 1.82) is 5.26 Å². The van der Waals surface area contributed by atoms with Crippen LogP contribution in [0.1, 0.15) is 16.1 Å². The quantitative estimate of drug-likeness (QED) is 0.544. The molecule has 6 nitrogen and oxygen atoms in total. The van der Waals surface area contributed by atoms with E-state index < -0.39 is 0 Å². The zero-order valence-electron chi connectivity index (χ0n) is 10.2. The number of nitrogens with one attached hydrogen (secondary N) is 4. The number of benzene rings is 1. The van der Waals surface area contributed by atoms with E-state index in [1.54, 1.807) is 12.1 Å². The van der Waals surface area contributed by atoms with Gasteiger partial charge < -0.3 is 20.3 Å². The van der Waals surface area contributed by atoms with Crippen molar-refractivity contribution in [3.63, 3.8) is 0 Å². The standard InChI is InChI=1S/C13H9N5OS/c14-5-9-3-7(6-15-9)12(19)16-8-1-2-10-11(4-8)18-13(20)17-10/h1-4,6,15H,(H,16,19)(H2,17,18,20). The van der Waals surface area contributed by atoms with Gasteiger partial charge in [0.05, 0.1) is 16.6 Å². The summed E-state index contributed by atoms with van der Waals surface area (Å²) >= 11 is 5.00. The Balaban J connectivity index is 1.86. The second-order valence-electron chi connectivity index (χ2n) is 4.21. The van der Waals surface area contributed by atoms with Crippen molar-refractivity contribution >= 4 is 34.8 Å². The molecule has 0 aliphatic rings. The van der Waals surface area contributed by atoms with Crippen LogP contribution in [0.3, 0.4) is 0 Å². The van der Waals surface area contributed by atoms with Gasteiger partial charge in [0.25, 0.3) is 5.91 Å². The highest BCUT2D eigenvalue weighted by Gasteiger charge is 2.09. The molecule has 0 saturated heterocycles. The first-order valence-electron chi connectivity index (χ1n) is 5.77. The predicted molar refractivity (Wildman–Crippen MR) is 76.9 cm³/mol. The first kappa shape index (κ1) is 12.2. The van der Waals surface area contributed by atoms with E-state index in [1.807, 2.05) is 12.1 Å². The van der Waals surface area contributed by atoms with Crippen molar-refractivity contribution in [2.75, 3.05) is 5.32 Å². The number of anilines is 1. The van der Waals surface area contributed by atoms with Gasteiger partial charge in [0.2, 0.25) is 0 Å². The number of H-pyrrole nitrogens is 3. The molecule has 20 heavy (non-hydrogen) atoms. The van der Waals surface area contributed by atoms with Gasteiger partial charge >= 0.3 is 0 Å². The van der Waals surface area contributed by atoms with Gasteiger partial charge in [0.15, 0.2) is 4.77 Å². The number of nitriles is 1. The maximum Gasteiger partial charge on any atom is 0.257 e. The molecule has 0 fully saturated rings. The Labute approximate surface area is 118 Å². The van der Waals surface area contributed by atoms with Crippen LogP contribution in [0, 0.1) is 16.1 Å². The first-order valence-corrected chi connectivity index (χ1v) is 6.18. The van der Waals surface area contributed by atoms with Crippen molar-refractivity contribution in [2.45, 2.75) is 0 Å². The molecule has 2 aromatic heterocycles. The highest BCUT2D eigenvalue weighted by atomic mass is 32.1. The number of aromatic nitrogens is 3. The monoisotopic (exact) mass is 283 g/mol. The van der Waals surface area contributed by atoms with Gasteiger partial charge in [-0.05, 0) is 36.5 Å². The second kappa shape index (κ2) is 4.68. The summed E-state index contributed by atoms with van der Waals surface area (Å²) in [6.45, 7) is 0. The van der Waals surface area contributed by atoms with Crippen molar-refractivity contribution in [3.8, 4) is 6.07 Å². The van der Waals surface area contributed by atoms with E-state index >= 15 is 0 Å². The van der Waals surface area contributed by atoms with E-state index in [0.717, 1.165) is 11.0 Å². The van der Waals surface area contributed by atoms with Gasteiger partial charge in [-0.1, -0.05) is 0 Å². The van der Waals surface area contributed by atoms with Gasteiger partial charge in [0.1, 0.15) is 11.8 Å². The summed E-state index contributed by atoms with van der Waals surface area (Å²) in [6.07, 6.45) is 1.50. The lowest BCUT2D eigenvalue weighted by atomic mass is 10.2. The second-order valence-corrected chi connectivity index (χ2v) is 4.62. The average Bonchev–Trinajstić information content (AvgIpc) is 3.03. The molecule has 3 aromatic rings. The summed E-state index contributed by atoms with van der Waals surface area (Å²) in [5.74, 6) is -0.281. The first-order chi connectivity index (χ1) is 9.65. The third kappa shape index (κ3) is 2.20. The summed E-state index contributed by atoms with van der Waals surface area (Å²) in [5.41, 5.74) is 3.09. The van der Waals surface area contributed by atoms with Crippen LogP contribution in [0.4, 0.5) is 5.69 Å². The van der Waals surface area contributed by atoms with Crippen molar-refractivity contribution in [3.05, 3.63) is 46.5 Å². The summed E-state index contributed by atoms with van der Waals surface area (Å²) in [7, 11) is 0. The van der Waals surface area contributed by atoms with E-state index in [-0.39, 0.29) is 5.91 Å². The molecule has 0 aliphatic heterocycles. The maximum atomic E-state index is 12.0. The van der Waals surface area contributed by atoms with Crippen LogP contribution < -0.4 is 5.32 Å². The molecule has 0 aliphatic carbocycles. The van der Waals surface area contributed by atoms with E-state index in [2.05, 4.69) is 20.3 Å². The fourth-order valence-electron chi connectivity index (χ4n) is 1.90. The third-order valence-corrected chi connectivity index (χ3v) is 3.04. The molecule has 3 rings (SSSR count). The Morgan fingerprint density at radius 1 is 1.25 bits per heavy atom. The number of carbonyl (C=O) groups is 1. The molecule has 0 bridgehead atoms. The molecule has 0 spiro atoms. The van der Waals surface area contributed by atoms with Crippen molar-refractivity contribution < 1.29 is 4.79 Å². The summed E-state index contributed by atoms with van der Waals surface area (Å²) in [5, 5.41) is 11.5. The summed E-state index contributed by atoms with van der Waals surface area (Å²) < 4.78 is 0.535. The van der Waals surface area contributed by atoms with Crippen molar-refractivity contribution in [1.82, 2.24) is 15.0 Å². The number of amides is 1. The molecule has 2 heterocycles. The molecule has 1 aromatic carbocycles. The largest absolute Gasteiger partial charge is 0.352 e. The van der Waals surface area contributed by atoms with Crippen LogP contribution in [-0.2, 0) is 0 Å². The van der Waals surface area contributed by atoms with Crippen LogP contribution in [0.15, 0.2) is 30.5 Å². The van der Waals surface area contributed by atoms with Gasteiger partial charge in [-0.25, -0.2) is 0 Å². The predicted octanol–water partition coefficient (Wildman–Crippen LogP) is 2.68. The van der Waals surface area contributed by atoms with Crippen LogP contribution in [0.2, 0.25) is 0 Å². The molecular weight excluding hydrogens is 274 g/mol. The van der Waals surface area contributed by atoms with Gasteiger partial charge in [0, 0.05) is 11.9 Å². The molecule has 0 atom stereocenters. The van der Waals surface area contributed by atoms with E-state index in [1.165, 1.54) is 12.3 Å². The molecular formula is C13H9N5OS. The third-order valence-electron chi connectivity index (χ3n) is 2.84. The van der Waals surface area contributed by atoms with Crippen LogP contribution in [0.5, 0.6) is 0 Å². The lowest BCUT2D eigenvalue weighted by Gasteiger charge is -2.03. The number of carbonyl (C=O) groups excluding carboxylic acids is 1. The smallest absolute Gasteiger partial charge is 0.257 e. The fraction of sp³-hybridized carbons (Fsp3) is 0. The number of hydrogen-bond acceptors (Lipinski definition) is 3. The number of imidazole rings is 1. The zero-order valence-corrected chi connectivity index (χ0v) is 11.0. The molecule has 0 saturated carbocycles. The average molecular weight is 283 g/mol. The minimum Gasteiger partial charge on any atom is -0.352 e. The van der Waals surface area contributed by atoms with E-state index in [0.29, 0.717) is 21.7 Å². The highest BCUT2D eigenvalue weighted by Crippen LogP contribution is 2.17. The van der Waals surface area contributed by atoms with Crippen LogP contribution >= 0.6 is 12.2 Å². The topological polar surface area (TPSA) is 100 Å². The molecule has 98 valence electrons. The molecule has 1 amide bonds. The Morgan fingerprint density at radius 3 is 2.80 bits per heavy atom. The normalized spacial score (nSPS) is 10.3. The molecule has 4 N–H and O–H groups in total. The Kier molecular flexibility index (Phi) is 2.85. The minimum atomic E-state index is -0.281. The van der Waals surface area contributed by atoms with Crippen LogP contribution in [0.25, 0.3) is 11.0 Å². The lowest BCUT2D eigenvalue weighted by Crippen LogP contribution is -2.10. The van der Waals surface area contributed by atoms with E-state index in [4.69, 9.17) is 17.5 Å². The lowest BCUT2D eigenvalue weighted by molar-refractivity contribution is 0.102. The van der Waals surface area contributed by atoms with Crippen molar-refractivity contribution in [2.24, 2.45) is 0 Å². The summed E-state index contributed by atoms with van der Waals surface area (Å²) in [6, 6.07) is 8.83.